The number of ether oxygens (including phenoxy) is 2. The van der Waals surface area contributed by atoms with Crippen LogP contribution in [0, 0.1) is 11.6 Å². The first kappa shape index (κ1) is 21.8. The molecule has 0 aliphatic carbocycles. The van der Waals surface area contributed by atoms with Crippen LogP contribution in [0.1, 0.15) is 21.5 Å². The maximum absolute atomic E-state index is 13.5. The Balaban J connectivity index is 1.55. The predicted octanol–water partition coefficient (Wildman–Crippen LogP) is 3.42. The van der Waals surface area contributed by atoms with Gasteiger partial charge >= 0.3 is 0 Å². The molecule has 1 N–H and O–H groups in total. The van der Waals surface area contributed by atoms with Crippen LogP contribution in [0.15, 0.2) is 54.9 Å². The number of halogens is 2. The molecule has 0 unspecified atom stereocenters. The Morgan fingerprint density at radius 3 is 2.59 bits per heavy atom. The Bertz CT molecular complexity index is 1080. The van der Waals surface area contributed by atoms with Crippen molar-refractivity contribution in [3.8, 4) is 5.75 Å². The number of aromatic nitrogens is 2. The van der Waals surface area contributed by atoms with E-state index < -0.39 is 11.6 Å². The van der Waals surface area contributed by atoms with Gasteiger partial charge in [-0.05, 0) is 41.5 Å². The van der Waals surface area contributed by atoms with Crippen molar-refractivity contribution in [2.45, 2.75) is 13.2 Å². The summed E-state index contributed by atoms with van der Waals surface area (Å²) >= 11 is 0. The first-order valence-electron chi connectivity index (χ1n) is 10.2. The third kappa shape index (κ3) is 5.63. The van der Waals surface area contributed by atoms with Gasteiger partial charge in [0.1, 0.15) is 12.4 Å². The lowest BCUT2D eigenvalue weighted by atomic mass is 10.1. The number of morpholine rings is 1. The fraction of sp³-hybridized carbons (Fsp3) is 0.261. The van der Waals surface area contributed by atoms with E-state index in [1.165, 1.54) is 18.5 Å². The van der Waals surface area contributed by atoms with Crippen molar-refractivity contribution in [1.82, 2.24) is 15.1 Å². The molecule has 1 aromatic heterocycles. The number of benzene rings is 2. The second-order valence-electron chi connectivity index (χ2n) is 7.34. The number of rotatable bonds is 7. The van der Waals surface area contributed by atoms with E-state index in [4.69, 9.17) is 9.47 Å². The minimum Gasteiger partial charge on any atom is -0.488 e. The summed E-state index contributed by atoms with van der Waals surface area (Å²) in [6, 6.07) is 10.6. The van der Waals surface area contributed by atoms with Crippen molar-refractivity contribution in [2.24, 2.45) is 0 Å². The SMILES string of the molecule is O=C(Nc1ccnnc1)c1cc(CN2CCOCC2)ccc1OCc1ccc(F)c(F)c1. The monoisotopic (exact) mass is 440 g/mol. The molecular weight excluding hydrogens is 418 g/mol. The van der Waals surface area contributed by atoms with Gasteiger partial charge in [0.2, 0.25) is 0 Å². The standard InChI is InChI=1S/C23H22F2N4O3/c24-20-3-1-17(12-21(20)25)15-32-22-4-2-16(14-29-7-9-31-10-8-29)11-19(22)23(30)28-18-5-6-26-27-13-18/h1-6,11-13H,7-10,14-15H2,(H,26,28,30). The number of carbonyl (C=O) groups excluding carboxylic acids is 1. The molecule has 0 radical (unpaired) electrons. The zero-order chi connectivity index (χ0) is 22.3. The predicted molar refractivity (Wildman–Crippen MR) is 113 cm³/mol. The van der Waals surface area contributed by atoms with E-state index >= 15 is 0 Å². The van der Waals surface area contributed by atoms with Crippen molar-refractivity contribution in [3.05, 3.63) is 83.2 Å². The molecule has 1 amide bonds. The fourth-order valence-corrected chi connectivity index (χ4v) is 3.35. The summed E-state index contributed by atoms with van der Waals surface area (Å²) in [5, 5.41) is 10.2. The van der Waals surface area contributed by atoms with Crippen molar-refractivity contribution in [2.75, 3.05) is 31.6 Å². The second kappa shape index (κ2) is 10.3. The summed E-state index contributed by atoms with van der Waals surface area (Å²) in [6.45, 7) is 3.65. The van der Waals surface area contributed by atoms with Crippen molar-refractivity contribution in [3.63, 3.8) is 0 Å². The van der Waals surface area contributed by atoms with Crippen LogP contribution in [-0.2, 0) is 17.9 Å². The van der Waals surface area contributed by atoms with Crippen molar-refractivity contribution < 1.29 is 23.0 Å². The van der Waals surface area contributed by atoms with Crippen molar-refractivity contribution >= 4 is 11.6 Å². The van der Waals surface area contributed by atoms with Gasteiger partial charge in [0, 0.05) is 19.6 Å². The highest BCUT2D eigenvalue weighted by atomic mass is 19.2. The maximum Gasteiger partial charge on any atom is 0.259 e. The Morgan fingerprint density at radius 1 is 1.03 bits per heavy atom. The first-order chi connectivity index (χ1) is 15.6. The molecule has 3 aromatic rings. The van der Waals surface area contributed by atoms with E-state index in [0.29, 0.717) is 42.3 Å². The lowest BCUT2D eigenvalue weighted by molar-refractivity contribution is 0.0341. The summed E-state index contributed by atoms with van der Waals surface area (Å²) in [5.74, 6) is -1.91. The van der Waals surface area contributed by atoms with Crippen LogP contribution < -0.4 is 10.1 Å². The Hall–Kier alpha value is -3.43. The smallest absolute Gasteiger partial charge is 0.259 e. The number of nitrogens with zero attached hydrogens (tertiary/aromatic N) is 3. The number of nitrogens with one attached hydrogen (secondary N) is 1. The number of hydrogen-bond acceptors (Lipinski definition) is 6. The van der Waals surface area contributed by atoms with Crippen LogP contribution in [0.3, 0.4) is 0 Å². The molecule has 0 atom stereocenters. The van der Waals surface area contributed by atoms with Gasteiger partial charge < -0.3 is 14.8 Å². The number of anilines is 1. The highest BCUT2D eigenvalue weighted by molar-refractivity contribution is 6.06. The molecule has 7 nitrogen and oxygen atoms in total. The summed E-state index contributed by atoms with van der Waals surface area (Å²) in [7, 11) is 0. The average Bonchev–Trinajstić information content (AvgIpc) is 2.81. The molecule has 2 heterocycles. The van der Waals surface area contributed by atoms with Gasteiger partial charge in [-0.15, -0.1) is 0 Å². The Labute approximate surface area is 184 Å². The van der Waals surface area contributed by atoms with Gasteiger partial charge in [-0.2, -0.15) is 10.2 Å². The first-order valence-corrected chi connectivity index (χ1v) is 10.2. The second-order valence-corrected chi connectivity index (χ2v) is 7.34. The molecule has 166 valence electrons. The lowest BCUT2D eigenvalue weighted by Gasteiger charge is -2.26. The van der Waals surface area contributed by atoms with Crippen LogP contribution >= 0.6 is 0 Å². The summed E-state index contributed by atoms with van der Waals surface area (Å²) < 4.78 is 37.9. The van der Waals surface area contributed by atoms with E-state index in [9.17, 15) is 13.6 Å². The molecule has 1 aliphatic heterocycles. The molecule has 32 heavy (non-hydrogen) atoms. The summed E-state index contributed by atoms with van der Waals surface area (Å²) in [5.41, 5.74) is 2.22. The van der Waals surface area contributed by atoms with Crippen LogP contribution in [0.5, 0.6) is 5.75 Å². The number of hydrogen-bond donors (Lipinski definition) is 1. The third-order valence-corrected chi connectivity index (χ3v) is 5.02. The topological polar surface area (TPSA) is 76.6 Å². The zero-order valence-electron chi connectivity index (χ0n) is 17.3. The van der Waals surface area contributed by atoms with Gasteiger partial charge in [0.15, 0.2) is 11.6 Å². The largest absolute Gasteiger partial charge is 0.488 e. The zero-order valence-corrected chi connectivity index (χ0v) is 17.3. The molecule has 2 aromatic carbocycles. The van der Waals surface area contributed by atoms with Gasteiger partial charge in [0.25, 0.3) is 5.91 Å². The minimum absolute atomic E-state index is 0.0168. The van der Waals surface area contributed by atoms with E-state index in [1.807, 2.05) is 6.07 Å². The maximum atomic E-state index is 13.5. The van der Waals surface area contributed by atoms with Crippen LogP contribution in [-0.4, -0.2) is 47.3 Å². The third-order valence-electron chi connectivity index (χ3n) is 5.02. The van der Waals surface area contributed by atoms with Crippen LogP contribution in [0.25, 0.3) is 0 Å². The Kier molecular flexibility index (Phi) is 6.98. The van der Waals surface area contributed by atoms with Gasteiger partial charge in [-0.1, -0.05) is 12.1 Å². The number of amides is 1. The fourth-order valence-electron chi connectivity index (χ4n) is 3.35. The number of carbonyl (C=O) groups is 1. The molecule has 1 aliphatic rings. The minimum atomic E-state index is -0.949. The van der Waals surface area contributed by atoms with Gasteiger partial charge in [0.05, 0.1) is 36.9 Å². The summed E-state index contributed by atoms with van der Waals surface area (Å²) in [6.07, 6.45) is 2.92. The van der Waals surface area contributed by atoms with E-state index in [0.717, 1.165) is 30.8 Å². The average molecular weight is 440 g/mol. The quantitative estimate of drug-likeness (QED) is 0.607. The highest BCUT2D eigenvalue weighted by Gasteiger charge is 2.17. The van der Waals surface area contributed by atoms with Crippen LogP contribution in [0.4, 0.5) is 14.5 Å². The van der Waals surface area contributed by atoms with Crippen molar-refractivity contribution in [1.29, 1.82) is 0 Å². The Morgan fingerprint density at radius 2 is 1.84 bits per heavy atom. The summed E-state index contributed by atoms with van der Waals surface area (Å²) in [4.78, 5) is 15.3. The van der Waals surface area contributed by atoms with E-state index in [1.54, 1.807) is 18.2 Å². The van der Waals surface area contributed by atoms with E-state index in [2.05, 4.69) is 20.4 Å². The van der Waals surface area contributed by atoms with Crippen LogP contribution in [0.2, 0.25) is 0 Å². The highest BCUT2D eigenvalue weighted by Crippen LogP contribution is 2.24. The van der Waals surface area contributed by atoms with Gasteiger partial charge in [-0.3, -0.25) is 9.69 Å². The molecule has 1 fully saturated rings. The molecule has 0 saturated carbocycles. The molecule has 0 spiro atoms. The molecule has 9 heteroatoms. The van der Waals surface area contributed by atoms with Gasteiger partial charge in [-0.25, -0.2) is 8.78 Å². The molecule has 0 bridgehead atoms. The molecule has 4 rings (SSSR count). The lowest BCUT2D eigenvalue weighted by Crippen LogP contribution is -2.35. The molecular formula is C23H22F2N4O3. The normalized spacial score (nSPS) is 14.2. The van der Waals surface area contributed by atoms with E-state index in [-0.39, 0.29) is 12.5 Å². The molecule has 1 saturated heterocycles.